The van der Waals surface area contributed by atoms with Crippen molar-refractivity contribution in [3.63, 3.8) is 0 Å². The standard InChI is InChI=1S/C17H14ClN3O2/c1-23-14-8-4-12(5-9-14)16-19-15(17(22)21-20-16)10-11-2-6-13(18)7-3-11/h2-9H,10H2,1H3,(H,21,22). The fourth-order valence-electron chi connectivity index (χ4n) is 2.16. The summed E-state index contributed by atoms with van der Waals surface area (Å²) in [5.74, 6) is 1.22. The van der Waals surface area contributed by atoms with Gasteiger partial charge in [0.15, 0.2) is 5.82 Å². The van der Waals surface area contributed by atoms with E-state index < -0.39 is 0 Å². The Kier molecular flexibility index (Phi) is 4.39. The molecule has 0 aliphatic carbocycles. The van der Waals surface area contributed by atoms with Gasteiger partial charge in [0.2, 0.25) is 0 Å². The van der Waals surface area contributed by atoms with Crippen molar-refractivity contribution in [2.45, 2.75) is 6.42 Å². The molecule has 0 fully saturated rings. The van der Waals surface area contributed by atoms with E-state index in [1.165, 1.54) is 0 Å². The Morgan fingerprint density at radius 2 is 1.78 bits per heavy atom. The maximum absolute atomic E-state index is 11.9. The lowest BCUT2D eigenvalue weighted by atomic mass is 10.1. The van der Waals surface area contributed by atoms with E-state index in [-0.39, 0.29) is 5.56 Å². The number of H-pyrrole nitrogens is 1. The summed E-state index contributed by atoms with van der Waals surface area (Å²) in [5, 5.41) is 7.17. The quantitative estimate of drug-likeness (QED) is 0.799. The first-order chi connectivity index (χ1) is 11.2. The Hall–Kier alpha value is -2.66. The van der Waals surface area contributed by atoms with Gasteiger partial charge in [-0.05, 0) is 42.0 Å². The first-order valence-electron chi connectivity index (χ1n) is 7.00. The highest BCUT2D eigenvalue weighted by molar-refractivity contribution is 6.30. The number of ether oxygens (including phenoxy) is 1. The molecule has 1 heterocycles. The molecule has 1 aromatic heterocycles. The molecule has 6 heteroatoms. The predicted molar refractivity (Wildman–Crippen MR) is 88.9 cm³/mol. The molecular weight excluding hydrogens is 314 g/mol. The average molecular weight is 328 g/mol. The molecular formula is C17H14ClN3O2. The second-order valence-electron chi connectivity index (χ2n) is 4.97. The molecule has 116 valence electrons. The molecule has 3 rings (SSSR count). The molecule has 2 aromatic carbocycles. The van der Waals surface area contributed by atoms with Gasteiger partial charge in [-0.15, -0.1) is 0 Å². The molecule has 1 N–H and O–H groups in total. The van der Waals surface area contributed by atoms with E-state index >= 15 is 0 Å². The van der Waals surface area contributed by atoms with E-state index in [1.54, 1.807) is 19.2 Å². The van der Waals surface area contributed by atoms with Crippen LogP contribution in [0.25, 0.3) is 11.4 Å². The summed E-state index contributed by atoms with van der Waals surface area (Å²) in [7, 11) is 1.61. The SMILES string of the molecule is COc1ccc(-c2n[nH]c(=O)c(Cc3ccc(Cl)cc3)n2)cc1. The summed E-state index contributed by atoms with van der Waals surface area (Å²) in [6, 6.07) is 14.7. The molecule has 0 unspecified atom stereocenters. The Bertz CT molecular complexity index is 858. The first-order valence-corrected chi connectivity index (χ1v) is 7.38. The van der Waals surface area contributed by atoms with Gasteiger partial charge >= 0.3 is 0 Å². The number of aromatic nitrogens is 3. The molecule has 0 aliphatic rings. The number of halogens is 1. The number of hydrogen-bond acceptors (Lipinski definition) is 4. The third-order valence-corrected chi connectivity index (χ3v) is 3.65. The van der Waals surface area contributed by atoms with Crippen LogP contribution in [-0.4, -0.2) is 22.3 Å². The number of benzene rings is 2. The van der Waals surface area contributed by atoms with Gasteiger partial charge in [-0.25, -0.2) is 10.1 Å². The van der Waals surface area contributed by atoms with Crippen molar-refractivity contribution in [1.82, 2.24) is 15.2 Å². The van der Waals surface area contributed by atoms with Crippen molar-refractivity contribution < 1.29 is 4.74 Å². The second-order valence-corrected chi connectivity index (χ2v) is 5.40. The molecule has 3 aromatic rings. The second kappa shape index (κ2) is 6.62. The van der Waals surface area contributed by atoms with Gasteiger partial charge in [0.25, 0.3) is 5.56 Å². The lowest BCUT2D eigenvalue weighted by Crippen LogP contribution is -2.18. The molecule has 5 nitrogen and oxygen atoms in total. The summed E-state index contributed by atoms with van der Waals surface area (Å²) < 4.78 is 5.13. The van der Waals surface area contributed by atoms with Gasteiger partial charge in [-0.1, -0.05) is 23.7 Å². The van der Waals surface area contributed by atoms with Crippen molar-refractivity contribution in [1.29, 1.82) is 0 Å². The number of hydrogen-bond donors (Lipinski definition) is 1. The highest BCUT2D eigenvalue weighted by Crippen LogP contribution is 2.18. The van der Waals surface area contributed by atoms with Crippen LogP contribution in [0.2, 0.25) is 5.02 Å². The zero-order valence-corrected chi connectivity index (χ0v) is 13.2. The summed E-state index contributed by atoms with van der Waals surface area (Å²) >= 11 is 5.87. The van der Waals surface area contributed by atoms with Gasteiger partial charge in [-0.3, -0.25) is 4.79 Å². The maximum Gasteiger partial charge on any atom is 0.286 e. The maximum atomic E-state index is 11.9. The van der Waals surface area contributed by atoms with Crippen molar-refractivity contribution >= 4 is 11.6 Å². The lowest BCUT2D eigenvalue weighted by molar-refractivity contribution is 0.415. The first kappa shape index (κ1) is 15.2. The minimum absolute atomic E-state index is 0.294. The van der Waals surface area contributed by atoms with Crippen LogP contribution in [-0.2, 0) is 6.42 Å². The largest absolute Gasteiger partial charge is 0.497 e. The van der Waals surface area contributed by atoms with Gasteiger partial charge < -0.3 is 4.74 Å². The number of methoxy groups -OCH3 is 1. The molecule has 0 saturated carbocycles. The molecule has 0 spiro atoms. The monoisotopic (exact) mass is 327 g/mol. The summed E-state index contributed by atoms with van der Waals surface area (Å²) in [6.07, 6.45) is 0.415. The van der Waals surface area contributed by atoms with Gasteiger partial charge in [-0.2, -0.15) is 5.10 Å². The third-order valence-electron chi connectivity index (χ3n) is 3.40. The minimum atomic E-state index is -0.294. The Balaban J connectivity index is 1.91. The van der Waals surface area contributed by atoms with Crippen LogP contribution in [0.5, 0.6) is 5.75 Å². The number of nitrogens with one attached hydrogen (secondary N) is 1. The molecule has 23 heavy (non-hydrogen) atoms. The van der Waals surface area contributed by atoms with Gasteiger partial charge in [0, 0.05) is 17.0 Å². The molecule has 0 aliphatic heterocycles. The highest BCUT2D eigenvalue weighted by Gasteiger charge is 2.08. The number of nitrogens with zero attached hydrogens (tertiary/aromatic N) is 2. The minimum Gasteiger partial charge on any atom is -0.497 e. The third kappa shape index (κ3) is 3.57. The Labute approximate surface area is 137 Å². The molecule has 0 bridgehead atoms. The van der Waals surface area contributed by atoms with E-state index in [9.17, 15) is 4.79 Å². The zero-order chi connectivity index (χ0) is 16.2. The number of aromatic amines is 1. The van der Waals surface area contributed by atoms with Crippen LogP contribution in [0.4, 0.5) is 0 Å². The van der Waals surface area contributed by atoms with E-state index in [2.05, 4.69) is 15.2 Å². The topological polar surface area (TPSA) is 67.9 Å². The van der Waals surface area contributed by atoms with Crippen LogP contribution in [0.1, 0.15) is 11.3 Å². The van der Waals surface area contributed by atoms with Crippen molar-refractivity contribution in [3.05, 3.63) is 75.2 Å². The fourth-order valence-corrected chi connectivity index (χ4v) is 2.28. The smallest absolute Gasteiger partial charge is 0.286 e. The van der Waals surface area contributed by atoms with Crippen LogP contribution >= 0.6 is 11.6 Å². The highest BCUT2D eigenvalue weighted by atomic mass is 35.5. The van der Waals surface area contributed by atoms with Crippen LogP contribution in [0.15, 0.2) is 53.3 Å². The summed E-state index contributed by atoms with van der Waals surface area (Å²) in [6.45, 7) is 0. The predicted octanol–water partition coefficient (Wildman–Crippen LogP) is 3.08. The molecule has 0 atom stereocenters. The van der Waals surface area contributed by atoms with Crippen molar-refractivity contribution in [2.24, 2.45) is 0 Å². The van der Waals surface area contributed by atoms with E-state index in [1.807, 2.05) is 36.4 Å². The van der Waals surface area contributed by atoms with E-state index in [0.717, 1.165) is 16.9 Å². The molecule has 0 radical (unpaired) electrons. The molecule has 0 amide bonds. The molecule has 0 saturated heterocycles. The average Bonchev–Trinajstić information content (AvgIpc) is 2.59. The number of rotatable bonds is 4. The summed E-state index contributed by atoms with van der Waals surface area (Å²) in [5.41, 5.74) is 1.88. The Morgan fingerprint density at radius 1 is 1.09 bits per heavy atom. The Morgan fingerprint density at radius 3 is 2.43 bits per heavy atom. The van der Waals surface area contributed by atoms with Crippen LogP contribution in [0.3, 0.4) is 0 Å². The van der Waals surface area contributed by atoms with Crippen molar-refractivity contribution in [2.75, 3.05) is 7.11 Å². The normalized spacial score (nSPS) is 10.5. The van der Waals surface area contributed by atoms with E-state index in [4.69, 9.17) is 16.3 Å². The zero-order valence-electron chi connectivity index (χ0n) is 12.4. The van der Waals surface area contributed by atoms with Gasteiger partial charge in [0.05, 0.1) is 7.11 Å². The van der Waals surface area contributed by atoms with Crippen LogP contribution < -0.4 is 10.3 Å². The fraction of sp³-hybridized carbons (Fsp3) is 0.118. The van der Waals surface area contributed by atoms with Gasteiger partial charge in [0.1, 0.15) is 11.4 Å². The lowest BCUT2D eigenvalue weighted by Gasteiger charge is -2.05. The summed E-state index contributed by atoms with van der Waals surface area (Å²) in [4.78, 5) is 16.3. The van der Waals surface area contributed by atoms with Crippen molar-refractivity contribution in [3.8, 4) is 17.1 Å². The van der Waals surface area contributed by atoms with Crippen LogP contribution in [0, 0.1) is 0 Å². The van der Waals surface area contributed by atoms with E-state index in [0.29, 0.717) is 23.0 Å².